The van der Waals surface area contributed by atoms with Crippen LogP contribution in [0.5, 0.6) is 0 Å². The largest absolute Gasteiger partial charge is 0.480 e. The van der Waals surface area contributed by atoms with Crippen molar-refractivity contribution in [3.8, 4) is 11.1 Å². The summed E-state index contributed by atoms with van der Waals surface area (Å²) in [5, 5.41) is 22.3. The third-order valence-electron chi connectivity index (χ3n) is 6.84. The van der Waals surface area contributed by atoms with Gasteiger partial charge in [0.25, 0.3) is 0 Å². The number of ether oxygens (including phenoxy) is 1. The third-order valence-corrected chi connectivity index (χ3v) is 6.84. The van der Waals surface area contributed by atoms with Gasteiger partial charge in [-0.25, -0.2) is 9.59 Å². The molecule has 2 atom stereocenters. The van der Waals surface area contributed by atoms with Gasteiger partial charge in [0.2, 0.25) is 5.91 Å². The lowest BCUT2D eigenvalue weighted by molar-refractivity contribution is -0.152. The molecular formula is C26H30N2O6. The van der Waals surface area contributed by atoms with Gasteiger partial charge in [0.15, 0.2) is 0 Å². The van der Waals surface area contributed by atoms with Crippen molar-refractivity contribution in [3.05, 3.63) is 59.7 Å². The van der Waals surface area contributed by atoms with Gasteiger partial charge in [-0.15, -0.1) is 0 Å². The quantitative estimate of drug-likeness (QED) is 0.578. The van der Waals surface area contributed by atoms with E-state index in [4.69, 9.17) is 4.74 Å². The lowest BCUT2D eigenvalue weighted by atomic mass is 9.85. The van der Waals surface area contributed by atoms with Crippen LogP contribution in [-0.2, 0) is 14.3 Å². The first-order valence-electron chi connectivity index (χ1n) is 11.5. The van der Waals surface area contributed by atoms with Crippen LogP contribution >= 0.6 is 0 Å². The van der Waals surface area contributed by atoms with Crippen LogP contribution in [0.25, 0.3) is 11.1 Å². The first kappa shape index (κ1) is 23.8. The molecule has 34 heavy (non-hydrogen) atoms. The average Bonchev–Trinajstić information content (AvgIpc) is 3.30. The van der Waals surface area contributed by atoms with Crippen molar-refractivity contribution in [3.63, 3.8) is 0 Å². The number of alkyl carbamates (subject to hydrolysis) is 1. The van der Waals surface area contributed by atoms with E-state index in [0.717, 1.165) is 22.3 Å². The lowest BCUT2D eigenvalue weighted by Crippen LogP contribution is -2.47. The van der Waals surface area contributed by atoms with E-state index < -0.39 is 35.5 Å². The molecule has 2 aliphatic rings. The maximum absolute atomic E-state index is 12.6. The van der Waals surface area contributed by atoms with E-state index in [1.54, 1.807) is 0 Å². The fourth-order valence-electron chi connectivity index (χ4n) is 5.07. The summed E-state index contributed by atoms with van der Waals surface area (Å²) in [5.74, 6) is -1.57. The number of carboxylic acids is 1. The summed E-state index contributed by atoms with van der Waals surface area (Å²) in [7, 11) is 0. The van der Waals surface area contributed by atoms with E-state index >= 15 is 0 Å². The maximum atomic E-state index is 12.6. The molecule has 180 valence electrons. The Bertz CT molecular complexity index is 1050. The summed E-state index contributed by atoms with van der Waals surface area (Å²) < 4.78 is 5.44. The van der Waals surface area contributed by atoms with Crippen molar-refractivity contribution >= 4 is 18.0 Å². The van der Waals surface area contributed by atoms with Gasteiger partial charge in [0, 0.05) is 19.0 Å². The second-order valence-corrected chi connectivity index (χ2v) is 9.63. The monoisotopic (exact) mass is 466 g/mol. The molecule has 2 amide bonds. The van der Waals surface area contributed by atoms with Crippen LogP contribution in [0.2, 0.25) is 0 Å². The Morgan fingerprint density at radius 3 is 2.26 bits per heavy atom. The predicted molar refractivity (Wildman–Crippen MR) is 125 cm³/mol. The minimum absolute atomic E-state index is 0.0730. The molecule has 1 heterocycles. The highest BCUT2D eigenvalue weighted by Crippen LogP contribution is 2.44. The van der Waals surface area contributed by atoms with Gasteiger partial charge < -0.3 is 25.2 Å². The highest BCUT2D eigenvalue weighted by molar-refractivity contribution is 5.85. The molecule has 1 fully saturated rings. The lowest BCUT2D eigenvalue weighted by Gasteiger charge is -2.29. The van der Waals surface area contributed by atoms with Crippen molar-refractivity contribution in [2.75, 3.05) is 19.7 Å². The molecule has 0 aromatic heterocycles. The molecule has 8 nitrogen and oxygen atoms in total. The molecule has 8 heteroatoms. The molecule has 0 bridgehead atoms. The van der Waals surface area contributed by atoms with Crippen molar-refractivity contribution in [1.82, 2.24) is 10.2 Å². The molecule has 1 saturated heterocycles. The van der Waals surface area contributed by atoms with Crippen molar-refractivity contribution < 1.29 is 29.3 Å². The second-order valence-electron chi connectivity index (χ2n) is 9.63. The zero-order chi connectivity index (χ0) is 24.5. The van der Waals surface area contributed by atoms with E-state index in [9.17, 15) is 24.6 Å². The van der Waals surface area contributed by atoms with Gasteiger partial charge >= 0.3 is 12.1 Å². The van der Waals surface area contributed by atoms with Crippen LogP contribution in [0, 0.1) is 5.41 Å². The SMILES string of the molecule is CC1(C)CCN(C(=O)CC(O)CNC(=O)OCC2c3ccccc3-c3ccccc32)C1C(=O)O. The van der Waals surface area contributed by atoms with Gasteiger partial charge in [0.05, 0.1) is 12.5 Å². The molecule has 2 aromatic rings. The first-order chi connectivity index (χ1) is 16.2. The standard InChI is InChI=1S/C26H30N2O6/c1-26(2)11-12-28(23(26)24(31)32)22(30)13-16(29)14-27-25(33)34-15-21-19-9-5-3-7-17(19)18-8-4-6-10-20(18)21/h3-10,16,21,23,29H,11-15H2,1-2H3,(H,27,33)(H,31,32). The van der Waals surface area contributed by atoms with Crippen molar-refractivity contribution in [2.24, 2.45) is 5.41 Å². The van der Waals surface area contributed by atoms with Gasteiger partial charge in [0.1, 0.15) is 12.6 Å². The number of amides is 2. The fraction of sp³-hybridized carbons (Fsp3) is 0.423. The number of carbonyl (C=O) groups is 3. The number of carboxylic acid groups (broad SMARTS) is 1. The smallest absolute Gasteiger partial charge is 0.407 e. The number of nitrogens with one attached hydrogen (secondary N) is 1. The molecule has 2 unspecified atom stereocenters. The summed E-state index contributed by atoms with van der Waals surface area (Å²) in [6.07, 6.45) is -1.53. The molecule has 0 radical (unpaired) electrons. The number of benzene rings is 2. The number of aliphatic carboxylic acids is 1. The Morgan fingerprint density at radius 1 is 1.09 bits per heavy atom. The van der Waals surface area contributed by atoms with Crippen LogP contribution in [0.15, 0.2) is 48.5 Å². The Hall–Kier alpha value is -3.39. The summed E-state index contributed by atoms with van der Waals surface area (Å²) in [4.78, 5) is 37.8. The Balaban J connectivity index is 1.28. The van der Waals surface area contributed by atoms with E-state index in [1.165, 1.54) is 4.90 Å². The number of aliphatic hydroxyl groups excluding tert-OH is 1. The number of nitrogens with zero attached hydrogens (tertiary/aromatic N) is 1. The van der Waals surface area contributed by atoms with Crippen LogP contribution in [0.4, 0.5) is 4.79 Å². The number of likely N-dealkylation sites (tertiary alicyclic amines) is 1. The van der Waals surface area contributed by atoms with Crippen LogP contribution in [0.1, 0.15) is 43.7 Å². The van der Waals surface area contributed by atoms with Crippen molar-refractivity contribution in [2.45, 2.75) is 44.8 Å². The zero-order valence-electron chi connectivity index (χ0n) is 19.4. The molecular weight excluding hydrogens is 436 g/mol. The first-order valence-corrected chi connectivity index (χ1v) is 11.5. The van der Waals surface area contributed by atoms with Gasteiger partial charge in [-0.3, -0.25) is 4.79 Å². The predicted octanol–water partition coefficient (Wildman–Crippen LogP) is 2.99. The highest BCUT2D eigenvalue weighted by atomic mass is 16.5. The molecule has 0 saturated carbocycles. The number of carbonyl (C=O) groups excluding carboxylic acids is 2. The Labute approximate surface area is 198 Å². The molecule has 3 N–H and O–H groups in total. The minimum atomic E-state index is -1.15. The number of rotatable bonds is 7. The highest BCUT2D eigenvalue weighted by Gasteiger charge is 2.47. The summed E-state index contributed by atoms with van der Waals surface area (Å²) >= 11 is 0. The van der Waals surface area contributed by atoms with E-state index in [-0.39, 0.29) is 25.5 Å². The topological polar surface area (TPSA) is 116 Å². The van der Waals surface area contributed by atoms with E-state index in [2.05, 4.69) is 17.4 Å². The van der Waals surface area contributed by atoms with E-state index in [1.807, 2.05) is 50.2 Å². The van der Waals surface area contributed by atoms with Crippen LogP contribution < -0.4 is 5.32 Å². The third kappa shape index (κ3) is 4.63. The summed E-state index contributed by atoms with van der Waals surface area (Å²) in [5.41, 5.74) is 3.93. The van der Waals surface area contributed by atoms with E-state index in [0.29, 0.717) is 13.0 Å². The number of hydrogen-bond acceptors (Lipinski definition) is 5. The molecule has 1 aliphatic carbocycles. The molecule has 1 aliphatic heterocycles. The normalized spacial score (nSPS) is 19.3. The van der Waals surface area contributed by atoms with Gasteiger partial charge in [-0.05, 0) is 34.1 Å². The minimum Gasteiger partial charge on any atom is -0.480 e. The average molecular weight is 467 g/mol. The van der Waals surface area contributed by atoms with Crippen molar-refractivity contribution in [1.29, 1.82) is 0 Å². The Kier molecular flexibility index (Phi) is 6.61. The second kappa shape index (κ2) is 9.46. The van der Waals surface area contributed by atoms with Crippen LogP contribution in [0.3, 0.4) is 0 Å². The molecule has 0 spiro atoms. The summed E-state index contributed by atoms with van der Waals surface area (Å²) in [6.45, 7) is 3.94. The van der Waals surface area contributed by atoms with Crippen LogP contribution in [-0.4, -0.2) is 64.9 Å². The zero-order valence-corrected chi connectivity index (χ0v) is 19.4. The van der Waals surface area contributed by atoms with Gasteiger partial charge in [-0.1, -0.05) is 62.4 Å². The number of aliphatic hydroxyl groups is 1. The molecule has 4 rings (SSSR count). The number of fused-ring (bicyclic) bond motifs is 3. The molecule has 2 aromatic carbocycles. The Morgan fingerprint density at radius 2 is 1.68 bits per heavy atom. The summed E-state index contributed by atoms with van der Waals surface area (Å²) in [6, 6.07) is 15.1. The maximum Gasteiger partial charge on any atom is 0.407 e. The van der Waals surface area contributed by atoms with Gasteiger partial charge in [-0.2, -0.15) is 0 Å². The fourth-order valence-corrected chi connectivity index (χ4v) is 5.07. The number of hydrogen-bond donors (Lipinski definition) is 3.